The maximum atomic E-state index is 11.7. The summed E-state index contributed by atoms with van der Waals surface area (Å²) in [5.41, 5.74) is 0. The maximum absolute atomic E-state index is 11.7. The average molecular weight is 204 g/mol. The molecule has 0 aliphatic rings. The number of ether oxygens (including phenoxy) is 3. The monoisotopic (exact) mass is 204 g/mol. The van der Waals surface area contributed by atoms with E-state index >= 15 is 0 Å². The first-order chi connectivity index (χ1) is 6.85. The average Bonchev–Trinajstić information content (AvgIpc) is 2.21. The standard InChI is InChI=1S/C10H17FO3/c1-3-5-12-7-10(8-13-9-11)14-6-4-2/h3-4,10H,1-2,5-9H2. The van der Waals surface area contributed by atoms with Gasteiger partial charge in [0, 0.05) is 0 Å². The molecule has 0 amide bonds. The molecule has 0 spiro atoms. The van der Waals surface area contributed by atoms with Crippen molar-refractivity contribution in [2.45, 2.75) is 6.10 Å². The lowest BCUT2D eigenvalue weighted by Crippen LogP contribution is -2.25. The van der Waals surface area contributed by atoms with Crippen molar-refractivity contribution in [3.8, 4) is 0 Å². The fourth-order valence-electron chi connectivity index (χ4n) is 0.807. The first-order valence-corrected chi connectivity index (χ1v) is 4.40. The molecule has 0 aromatic heterocycles. The zero-order valence-corrected chi connectivity index (χ0v) is 8.28. The van der Waals surface area contributed by atoms with E-state index in [-0.39, 0.29) is 12.7 Å². The lowest BCUT2D eigenvalue weighted by Gasteiger charge is -2.15. The van der Waals surface area contributed by atoms with Crippen molar-refractivity contribution < 1.29 is 18.6 Å². The van der Waals surface area contributed by atoms with Gasteiger partial charge in [-0.2, -0.15) is 0 Å². The van der Waals surface area contributed by atoms with Gasteiger partial charge in [0.05, 0.1) is 26.4 Å². The number of alkyl halides is 1. The second-order valence-electron chi connectivity index (χ2n) is 2.55. The Balaban J connectivity index is 3.59. The molecule has 1 atom stereocenters. The molecule has 0 heterocycles. The summed E-state index contributed by atoms with van der Waals surface area (Å²) < 4.78 is 26.7. The Morgan fingerprint density at radius 3 is 2.29 bits per heavy atom. The van der Waals surface area contributed by atoms with Crippen molar-refractivity contribution >= 4 is 0 Å². The van der Waals surface area contributed by atoms with E-state index < -0.39 is 6.86 Å². The van der Waals surface area contributed by atoms with Gasteiger partial charge in [-0.3, -0.25) is 0 Å². The lowest BCUT2D eigenvalue weighted by atomic mass is 10.4. The molecule has 0 aromatic rings. The third-order valence-corrected chi connectivity index (χ3v) is 1.37. The SMILES string of the molecule is C=CCOCC(COCF)OCC=C. The minimum atomic E-state index is -0.810. The first kappa shape index (κ1) is 13.3. The highest BCUT2D eigenvalue weighted by molar-refractivity contribution is 4.68. The molecular weight excluding hydrogens is 187 g/mol. The first-order valence-electron chi connectivity index (χ1n) is 4.40. The highest BCUT2D eigenvalue weighted by Crippen LogP contribution is 1.96. The fourth-order valence-corrected chi connectivity index (χ4v) is 0.807. The van der Waals surface area contributed by atoms with Crippen LogP contribution in [0.3, 0.4) is 0 Å². The van der Waals surface area contributed by atoms with Crippen molar-refractivity contribution in [1.29, 1.82) is 0 Å². The summed E-state index contributed by atoms with van der Waals surface area (Å²) in [7, 11) is 0. The minimum absolute atomic E-state index is 0.182. The predicted molar refractivity (Wildman–Crippen MR) is 52.9 cm³/mol. The van der Waals surface area contributed by atoms with Crippen LogP contribution in [0.15, 0.2) is 25.3 Å². The van der Waals surface area contributed by atoms with Crippen LogP contribution < -0.4 is 0 Å². The van der Waals surface area contributed by atoms with Crippen LogP contribution in [0.4, 0.5) is 4.39 Å². The smallest absolute Gasteiger partial charge is 0.188 e. The van der Waals surface area contributed by atoms with Crippen LogP contribution in [-0.2, 0) is 14.2 Å². The fraction of sp³-hybridized carbons (Fsp3) is 0.600. The summed E-state index contributed by atoms with van der Waals surface area (Å²) in [5, 5.41) is 0. The molecule has 1 unspecified atom stereocenters. The Labute approximate surface area is 84.2 Å². The lowest BCUT2D eigenvalue weighted by molar-refractivity contribution is -0.0634. The van der Waals surface area contributed by atoms with Crippen LogP contribution in [-0.4, -0.2) is 39.4 Å². The molecule has 0 aliphatic carbocycles. The molecular formula is C10H17FO3. The Bertz CT molecular complexity index is 150. The molecule has 82 valence electrons. The normalized spacial score (nSPS) is 12.4. The Morgan fingerprint density at radius 2 is 1.71 bits per heavy atom. The van der Waals surface area contributed by atoms with Crippen molar-refractivity contribution in [3.05, 3.63) is 25.3 Å². The topological polar surface area (TPSA) is 27.7 Å². The highest BCUT2D eigenvalue weighted by Gasteiger charge is 2.08. The van der Waals surface area contributed by atoms with E-state index in [2.05, 4.69) is 17.9 Å². The molecule has 0 rings (SSSR count). The van der Waals surface area contributed by atoms with E-state index in [1.807, 2.05) is 0 Å². The molecule has 0 radical (unpaired) electrons. The molecule has 3 nitrogen and oxygen atoms in total. The van der Waals surface area contributed by atoms with Crippen molar-refractivity contribution in [2.24, 2.45) is 0 Å². The van der Waals surface area contributed by atoms with Crippen molar-refractivity contribution in [2.75, 3.05) is 33.3 Å². The van der Waals surface area contributed by atoms with Gasteiger partial charge in [0.25, 0.3) is 0 Å². The molecule has 0 bridgehead atoms. The van der Waals surface area contributed by atoms with Crippen LogP contribution >= 0.6 is 0 Å². The number of hydrogen-bond donors (Lipinski definition) is 0. The Morgan fingerprint density at radius 1 is 1.07 bits per heavy atom. The molecule has 0 N–H and O–H groups in total. The van der Waals surface area contributed by atoms with Crippen LogP contribution in [0.1, 0.15) is 0 Å². The molecule has 4 heteroatoms. The molecule has 0 saturated heterocycles. The summed E-state index contributed by atoms with van der Waals surface area (Å²) in [6.07, 6.45) is 3.00. The quantitative estimate of drug-likeness (QED) is 0.400. The second kappa shape index (κ2) is 10.4. The van der Waals surface area contributed by atoms with E-state index in [1.54, 1.807) is 12.2 Å². The van der Waals surface area contributed by atoms with Gasteiger partial charge in [-0.1, -0.05) is 12.2 Å². The second-order valence-corrected chi connectivity index (χ2v) is 2.55. The van der Waals surface area contributed by atoms with Gasteiger partial charge in [0.15, 0.2) is 6.86 Å². The van der Waals surface area contributed by atoms with Gasteiger partial charge in [-0.25, -0.2) is 4.39 Å². The highest BCUT2D eigenvalue weighted by atomic mass is 19.1. The van der Waals surface area contributed by atoms with E-state index in [9.17, 15) is 4.39 Å². The number of hydrogen-bond acceptors (Lipinski definition) is 3. The summed E-state index contributed by atoms with van der Waals surface area (Å²) in [5.74, 6) is 0. The van der Waals surface area contributed by atoms with Gasteiger partial charge in [0.1, 0.15) is 6.10 Å². The van der Waals surface area contributed by atoms with Gasteiger partial charge in [-0.15, -0.1) is 13.2 Å². The molecule has 0 saturated carbocycles. The van der Waals surface area contributed by atoms with E-state index in [0.29, 0.717) is 19.8 Å². The summed E-state index contributed by atoms with van der Waals surface area (Å²) in [6, 6.07) is 0. The van der Waals surface area contributed by atoms with E-state index in [0.717, 1.165) is 0 Å². The zero-order chi connectivity index (χ0) is 10.6. The number of rotatable bonds is 10. The minimum Gasteiger partial charge on any atom is -0.375 e. The van der Waals surface area contributed by atoms with Gasteiger partial charge < -0.3 is 14.2 Å². The van der Waals surface area contributed by atoms with Crippen LogP contribution in [0.2, 0.25) is 0 Å². The van der Waals surface area contributed by atoms with Crippen LogP contribution in [0.5, 0.6) is 0 Å². The zero-order valence-electron chi connectivity index (χ0n) is 8.28. The summed E-state index contributed by atoms with van der Waals surface area (Å²) >= 11 is 0. The largest absolute Gasteiger partial charge is 0.375 e. The van der Waals surface area contributed by atoms with Crippen LogP contribution in [0.25, 0.3) is 0 Å². The molecule has 0 aromatic carbocycles. The van der Waals surface area contributed by atoms with Crippen molar-refractivity contribution in [3.63, 3.8) is 0 Å². The summed E-state index contributed by atoms with van der Waals surface area (Å²) in [6.45, 7) is 7.60. The maximum Gasteiger partial charge on any atom is 0.188 e. The van der Waals surface area contributed by atoms with Gasteiger partial charge in [0.2, 0.25) is 0 Å². The third kappa shape index (κ3) is 7.91. The summed E-state index contributed by atoms with van der Waals surface area (Å²) in [4.78, 5) is 0. The van der Waals surface area contributed by atoms with E-state index in [1.165, 1.54) is 0 Å². The van der Waals surface area contributed by atoms with E-state index in [4.69, 9.17) is 9.47 Å². The third-order valence-electron chi connectivity index (χ3n) is 1.37. The van der Waals surface area contributed by atoms with Crippen LogP contribution in [0, 0.1) is 0 Å². The molecule has 0 fully saturated rings. The van der Waals surface area contributed by atoms with Gasteiger partial charge in [-0.05, 0) is 0 Å². The number of halogens is 1. The Kier molecular flexibility index (Phi) is 9.85. The predicted octanol–water partition coefficient (Wildman–Crippen LogP) is 1.70. The molecule has 0 aliphatic heterocycles. The van der Waals surface area contributed by atoms with Crippen molar-refractivity contribution in [1.82, 2.24) is 0 Å². The Hall–Kier alpha value is -0.710. The van der Waals surface area contributed by atoms with Gasteiger partial charge >= 0.3 is 0 Å². The molecule has 14 heavy (non-hydrogen) atoms.